The molecule has 0 aromatic heterocycles. The Morgan fingerprint density at radius 1 is 1.12 bits per heavy atom. The zero-order valence-corrected chi connectivity index (χ0v) is 10.6. The number of hydrogen-bond donors (Lipinski definition) is 0. The molecule has 0 N–H and O–H groups in total. The van der Waals surface area contributed by atoms with Gasteiger partial charge in [-0.2, -0.15) is 5.26 Å². The van der Waals surface area contributed by atoms with Gasteiger partial charge in [-0.1, -0.05) is 29.8 Å². The van der Waals surface area contributed by atoms with Gasteiger partial charge in [-0.3, -0.25) is 0 Å². The first kappa shape index (κ1) is 12.0. The molecule has 0 spiro atoms. The first-order chi connectivity index (χ1) is 8.28. The minimum atomic E-state index is 0.703. The van der Waals surface area contributed by atoms with E-state index in [2.05, 4.69) is 6.07 Å². The zero-order chi connectivity index (χ0) is 12.1. The molecule has 1 nitrogen and oxygen atoms in total. The van der Waals surface area contributed by atoms with Gasteiger partial charge >= 0.3 is 0 Å². The van der Waals surface area contributed by atoms with Crippen LogP contribution in [0.5, 0.6) is 0 Å². The average molecular weight is 260 g/mol. The summed E-state index contributed by atoms with van der Waals surface area (Å²) in [5, 5.41) is 9.56. The van der Waals surface area contributed by atoms with Gasteiger partial charge in [0.2, 0.25) is 0 Å². The maximum absolute atomic E-state index is 8.81. The zero-order valence-electron chi connectivity index (χ0n) is 9.06. The Bertz CT molecular complexity index is 560. The molecule has 17 heavy (non-hydrogen) atoms. The van der Waals surface area contributed by atoms with Crippen LogP contribution in [0.2, 0.25) is 5.02 Å². The predicted molar refractivity (Wildman–Crippen MR) is 72.2 cm³/mol. The molecule has 2 aromatic rings. The van der Waals surface area contributed by atoms with Crippen molar-refractivity contribution in [3.05, 3.63) is 64.7 Å². The molecule has 0 heterocycles. The summed E-state index contributed by atoms with van der Waals surface area (Å²) in [7, 11) is 0. The second-order valence-electron chi connectivity index (χ2n) is 3.56. The van der Waals surface area contributed by atoms with Crippen molar-refractivity contribution in [3.63, 3.8) is 0 Å². The van der Waals surface area contributed by atoms with Crippen molar-refractivity contribution in [2.75, 3.05) is 0 Å². The summed E-state index contributed by atoms with van der Waals surface area (Å²) < 4.78 is 0. The Labute approximate surface area is 110 Å². The molecular weight excluding hydrogens is 250 g/mol. The molecule has 2 aromatic carbocycles. The molecule has 0 atom stereocenters. The van der Waals surface area contributed by atoms with Gasteiger partial charge in [-0.05, 0) is 35.9 Å². The third-order valence-corrected chi connectivity index (χ3v) is 3.56. The van der Waals surface area contributed by atoms with Gasteiger partial charge in [0.1, 0.15) is 0 Å². The van der Waals surface area contributed by atoms with Gasteiger partial charge in [-0.15, -0.1) is 11.8 Å². The Morgan fingerprint density at radius 3 is 2.71 bits per heavy atom. The van der Waals surface area contributed by atoms with E-state index in [0.717, 1.165) is 21.2 Å². The number of thioether (sulfide) groups is 1. The Kier molecular flexibility index (Phi) is 4.08. The smallest absolute Gasteiger partial charge is 0.0991 e. The van der Waals surface area contributed by atoms with Gasteiger partial charge < -0.3 is 0 Å². The molecule has 0 unspecified atom stereocenters. The second-order valence-corrected chi connectivity index (χ2v) is 5.04. The molecule has 84 valence electrons. The second kappa shape index (κ2) is 5.77. The number of nitrogens with zero attached hydrogens (tertiary/aromatic N) is 1. The molecule has 0 aliphatic rings. The Morgan fingerprint density at radius 2 is 1.94 bits per heavy atom. The largest absolute Gasteiger partial charge is 0.192 e. The lowest BCUT2D eigenvalue weighted by Crippen LogP contribution is -1.82. The van der Waals surface area contributed by atoms with Gasteiger partial charge in [0.15, 0.2) is 0 Å². The van der Waals surface area contributed by atoms with Crippen LogP contribution in [0.3, 0.4) is 0 Å². The van der Waals surface area contributed by atoms with E-state index in [0.29, 0.717) is 5.56 Å². The summed E-state index contributed by atoms with van der Waals surface area (Å²) in [6.45, 7) is 0. The normalized spacial score (nSPS) is 9.88. The van der Waals surface area contributed by atoms with E-state index >= 15 is 0 Å². The Balaban J connectivity index is 2.05. The van der Waals surface area contributed by atoms with Gasteiger partial charge in [0.25, 0.3) is 0 Å². The topological polar surface area (TPSA) is 23.8 Å². The molecule has 3 heteroatoms. The van der Waals surface area contributed by atoms with Crippen LogP contribution < -0.4 is 0 Å². The van der Waals surface area contributed by atoms with Gasteiger partial charge in [0, 0.05) is 15.7 Å². The summed E-state index contributed by atoms with van der Waals surface area (Å²) in [4.78, 5) is 1.14. The molecule has 0 aliphatic carbocycles. The minimum absolute atomic E-state index is 0.703. The molecular formula is C14H10ClNS. The maximum Gasteiger partial charge on any atom is 0.0991 e. The summed E-state index contributed by atoms with van der Waals surface area (Å²) in [6, 6.07) is 17.6. The van der Waals surface area contributed by atoms with E-state index < -0.39 is 0 Å². The van der Waals surface area contributed by atoms with E-state index in [9.17, 15) is 0 Å². The van der Waals surface area contributed by atoms with Crippen molar-refractivity contribution in [2.24, 2.45) is 0 Å². The highest BCUT2D eigenvalue weighted by Crippen LogP contribution is 2.25. The third-order valence-electron chi connectivity index (χ3n) is 2.26. The lowest BCUT2D eigenvalue weighted by Gasteiger charge is -2.02. The number of halogens is 1. The molecule has 0 saturated heterocycles. The van der Waals surface area contributed by atoms with Crippen LogP contribution in [-0.4, -0.2) is 0 Å². The van der Waals surface area contributed by atoms with Crippen molar-refractivity contribution in [1.29, 1.82) is 5.26 Å². The lowest BCUT2D eigenvalue weighted by atomic mass is 10.2. The average Bonchev–Trinajstić information content (AvgIpc) is 2.37. The predicted octanol–water partition coefficient (Wildman–Crippen LogP) is 4.50. The quantitative estimate of drug-likeness (QED) is 0.758. The molecule has 0 amide bonds. The summed E-state index contributed by atoms with van der Waals surface area (Å²) in [5.74, 6) is 0.843. The van der Waals surface area contributed by atoms with E-state index in [1.807, 2.05) is 48.5 Å². The number of rotatable bonds is 3. The number of benzene rings is 2. The summed E-state index contributed by atoms with van der Waals surface area (Å²) in [5.41, 5.74) is 1.85. The highest BCUT2D eigenvalue weighted by Gasteiger charge is 1.98. The number of hydrogen-bond acceptors (Lipinski definition) is 2. The van der Waals surface area contributed by atoms with Crippen LogP contribution in [0.15, 0.2) is 53.4 Å². The molecule has 2 rings (SSSR count). The fourth-order valence-electron chi connectivity index (χ4n) is 1.45. The monoisotopic (exact) mass is 259 g/mol. The van der Waals surface area contributed by atoms with E-state index in [4.69, 9.17) is 16.9 Å². The SMILES string of the molecule is N#Cc1cccc(CSc2cccc(Cl)c2)c1. The van der Waals surface area contributed by atoms with Crippen LogP contribution in [0.25, 0.3) is 0 Å². The molecule has 0 bridgehead atoms. The third kappa shape index (κ3) is 3.52. The van der Waals surface area contributed by atoms with Crippen LogP contribution >= 0.6 is 23.4 Å². The summed E-state index contributed by atoms with van der Waals surface area (Å²) >= 11 is 7.63. The molecule has 0 radical (unpaired) electrons. The maximum atomic E-state index is 8.81. The van der Waals surface area contributed by atoms with Crippen molar-refractivity contribution >= 4 is 23.4 Å². The van der Waals surface area contributed by atoms with Gasteiger partial charge in [-0.25, -0.2) is 0 Å². The van der Waals surface area contributed by atoms with E-state index in [1.165, 1.54) is 0 Å². The lowest BCUT2D eigenvalue weighted by molar-refractivity contribution is 1.36. The highest BCUT2D eigenvalue weighted by atomic mass is 35.5. The Hall–Kier alpha value is -1.43. The fraction of sp³-hybridized carbons (Fsp3) is 0.0714. The number of nitriles is 1. The fourth-order valence-corrected chi connectivity index (χ4v) is 2.61. The van der Waals surface area contributed by atoms with Crippen LogP contribution in [0.1, 0.15) is 11.1 Å². The van der Waals surface area contributed by atoms with Crippen molar-refractivity contribution < 1.29 is 0 Å². The van der Waals surface area contributed by atoms with Crippen molar-refractivity contribution in [3.8, 4) is 6.07 Å². The molecule has 0 aliphatic heterocycles. The highest BCUT2D eigenvalue weighted by molar-refractivity contribution is 7.98. The van der Waals surface area contributed by atoms with E-state index in [1.54, 1.807) is 11.8 Å². The standard InChI is InChI=1S/C14H10ClNS/c15-13-5-2-6-14(8-13)17-10-12-4-1-3-11(7-12)9-16/h1-8H,10H2. The van der Waals surface area contributed by atoms with Crippen molar-refractivity contribution in [1.82, 2.24) is 0 Å². The van der Waals surface area contributed by atoms with Crippen molar-refractivity contribution in [2.45, 2.75) is 10.6 Å². The minimum Gasteiger partial charge on any atom is -0.192 e. The first-order valence-corrected chi connectivity index (χ1v) is 6.52. The van der Waals surface area contributed by atoms with E-state index in [-0.39, 0.29) is 0 Å². The van der Waals surface area contributed by atoms with Crippen LogP contribution in [0.4, 0.5) is 0 Å². The van der Waals surface area contributed by atoms with Crippen LogP contribution in [-0.2, 0) is 5.75 Å². The first-order valence-electron chi connectivity index (χ1n) is 5.15. The molecule has 0 fully saturated rings. The molecule has 0 saturated carbocycles. The van der Waals surface area contributed by atoms with Gasteiger partial charge in [0.05, 0.1) is 11.6 Å². The van der Waals surface area contributed by atoms with Crippen LogP contribution in [0, 0.1) is 11.3 Å². The summed E-state index contributed by atoms with van der Waals surface area (Å²) in [6.07, 6.45) is 0.